The number of amides is 1. The van der Waals surface area contributed by atoms with Gasteiger partial charge in [-0.2, -0.15) is 18.3 Å². The second kappa shape index (κ2) is 9.89. The summed E-state index contributed by atoms with van der Waals surface area (Å²) in [5.74, 6) is -1.00. The number of aromatic nitrogens is 3. The lowest BCUT2D eigenvalue weighted by Crippen LogP contribution is -2.16. The molecule has 0 aliphatic carbocycles. The smallest absolute Gasteiger partial charge is 0.406 e. The third-order valence-electron chi connectivity index (χ3n) is 5.34. The molecule has 0 unspecified atom stereocenters. The summed E-state index contributed by atoms with van der Waals surface area (Å²) in [6.45, 7) is 0. The summed E-state index contributed by atoms with van der Waals surface area (Å²) in [5, 5.41) is 6.59. The molecular formula is C25H13ClF6N4O2S. The number of anilines is 1. The van der Waals surface area contributed by atoms with Crippen LogP contribution < -0.4 is 10.1 Å². The van der Waals surface area contributed by atoms with Gasteiger partial charge in [-0.05, 0) is 42.5 Å². The van der Waals surface area contributed by atoms with E-state index >= 15 is 0 Å². The van der Waals surface area contributed by atoms with Crippen molar-refractivity contribution in [3.8, 4) is 22.7 Å². The Morgan fingerprint density at radius 3 is 2.33 bits per heavy atom. The highest BCUT2D eigenvalue weighted by Gasteiger charge is 2.35. The van der Waals surface area contributed by atoms with Crippen molar-refractivity contribution in [3.63, 3.8) is 0 Å². The van der Waals surface area contributed by atoms with E-state index in [4.69, 9.17) is 11.6 Å². The molecule has 14 heteroatoms. The Morgan fingerprint density at radius 1 is 0.949 bits per heavy atom. The van der Waals surface area contributed by atoms with Crippen LogP contribution in [0.3, 0.4) is 0 Å². The Hall–Kier alpha value is -4.10. The van der Waals surface area contributed by atoms with E-state index in [0.29, 0.717) is 15.8 Å². The lowest BCUT2D eigenvalue weighted by atomic mass is 10.1. The number of benzene rings is 3. The zero-order valence-electron chi connectivity index (χ0n) is 19.1. The summed E-state index contributed by atoms with van der Waals surface area (Å²) in [6, 6.07) is 16.5. The van der Waals surface area contributed by atoms with Crippen LogP contribution in [0, 0.1) is 0 Å². The highest BCUT2D eigenvalue weighted by molar-refractivity contribution is 7.22. The first-order chi connectivity index (χ1) is 18.4. The van der Waals surface area contributed by atoms with Crippen molar-refractivity contribution < 1.29 is 35.9 Å². The van der Waals surface area contributed by atoms with Crippen molar-refractivity contribution in [1.82, 2.24) is 14.8 Å². The number of carbonyl (C=O) groups excluding carboxylic acids is 1. The molecule has 5 aromatic rings. The van der Waals surface area contributed by atoms with Gasteiger partial charge in [0.2, 0.25) is 0 Å². The molecule has 0 spiro atoms. The number of hydrogen-bond acceptors (Lipinski definition) is 5. The number of carbonyl (C=O) groups is 1. The van der Waals surface area contributed by atoms with Crippen molar-refractivity contribution in [2.24, 2.45) is 0 Å². The highest BCUT2D eigenvalue weighted by Crippen LogP contribution is 2.35. The van der Waals surface area contributed by atoms with Crippen LogP contribution in [0.25, 0.3) is 27.2 Å². The Bertz CT molecular complexity index is 1680. The van der Waals surface area contributed by atoms with Gasteiger partial charge < -0.3 is 4.74 Å². The maximum Gasteiger partial charge on any atom is 0.573 e. The minimum Gasteiger partial charge on any atom is -0.406 e. The number of nitrogens with zero attached hydrogens (tertiary/aromatic N) is 3. The number of para-hydroxylation sites is 1. The Balaban J connectivity index is 1.40. The number of rotatable bonds is 5. The standard InChI is InChI=1S/C25H13ClF6N4O2S/c26-16-3-1-2-4-18(16)36-19(12-21(35-36)24(27,28)29)13-5-7-14(8-6-13)22(37)34-23-33-17-10-9-15(11-20(17)39-23)38-25(30,31)32/h1-12H,(H,33,34,37). The topological polar surface area (TPSA) is 69.0 Å². The van der Waals surface area contributed by atoms with Crippen molar-refractivity contribution in [2.45, 2.75) is 12.5 Å². The predicted octanol–water partition coefficient (Wildman–Crippen LogP) is 7.97. The van der Waals surface area contributed by atoms with Crippen LogP contribution in [0.2, 0.25) is 5.02 Å². The first kappa shape index (κ1) is 26.5. The summed E-state index contributed by atoms with van der Waals surface area (Å²) < 4.78 is 83.1. The normalized spacial score (nSPS) is 12.1. The molecular weight excluding hydrogens is 570 g/mol. The summed E-state index contributed by atoms with van der Waals surface area (Å²) in [5.41, 5.74) is 0.0921. The van der Waals surface area contributed by atoms with Gasteiger partial charge in [0.15, 0.2) is 10.8 Å². The Labute approximate surface area is 224 Å². The molecule has 0 aliphatic rings. The van der Waals surface area contributed by atoms with Gasteiger partial charge in [-0.25, -0.2) is 9.67 Å². The second-order valence-corrected chi connectivity index (χ2v) is 9.44. The summed E-state index contributed by atoms with van der Waals surface area (Å²) >= 11 is 7.14. The van der Waals surface area contributed by atoms with Gasteiger partial charge in [0.05, 0.1) is 26.6 Å². The zero-order valence-corrected chi connectivity index (χ0v) is 20.7. The van der Waals surface area contributed by atoms with Crippen LogP contribution in [-0.4, -0.2) is 27.0 Å². The van der Waals surface area contributed by atoms with E-state index in [1.807, 2.05) is 0 Å². The molecule has 5 rings (SSSR count). The van der Waals surface area contributed by atoms with Crippen LogP contribution >= 0.6 is 22.9 Å². The molecule has 6 nitrogen and oxygen atoms in total. The van der Waals surface area contributed by atoms with Gasteiger partial charge in [-0.15, -0.1) is 13.2 Å². The third kappa shape index (κ3) is 5.83. The minimum absolute atomic E-state index is 0.102. The van der Waals surface area contributed by atoms with Gasteiger partial charge in [-0.3, -0.25) is 10.1 Å². The Morgan fingerprint density at radius 2 is 1.67 bits per heavy atom. The average Bonchev–Trinajstić information content (AvgIpc) is 3.47. The van der Waals surface area contributed by atoms with E-state index in [9.17, 15) is 31.1 Å². The van der Waals surface area contributed by atoms with Gasteiger partial charge in [0.25, 0.3) is 5.91 Å². The molecule has 1 amide bonds. The van der Waals surface area contributed by atoms with Crippen LogP contribution in [0.15, 0.2) is 72.8 Å². The van der Waals surface area contributed by atoms with Crippen molar-refractivity contribution in [3.05, 3.63) is 89.1 Å². The molecule has 0 atom stereocenters. The van der Waals surface area contributed by atoms with E-state index in [1.165, 1.54) is 42.5 Å². The highest BCUT2D eigenvalue weighted by atomic mass is 35.5. The Kier molecular flexibility index (Phi) is 6.72. The molecule has 0 aliphatic heterocycles. The van der Waals surface area contributed by atoms with E-state index in [2.05, 4.69) is 20.1 Å². The monoisotopic (exact) mass is 582 g/mol. The molecule has 3 aromatic carbocycles. The van der Waals surface area contributed by atoms with Crippen LogP contribution in [-0.2, 0) is 6.18 Å². The summed E-state index contributed by atoms with van der Waals surface area (Å²) in [6.07, 6.45) is -9.54. The number of ether oxygens (including phenoxy) is 1. The van der Waals surface area contributed by atoms with E-state index < -0.39 is 29.9 Å². The number of halogens is 7. The van der Waals surface area contributed by atoms with Crippen molar-refractivity contribution in [2.75, 3.05) is 5.32 Å². The summed E-state index contributed by atoms with van der Waals surface area (Å²) in [7, 11) is 0. The summed E-state index contributed by atoms with van der Waals surface area (Å²) in [4.78, 5) is 16.9. The fraction of sp³-hybridized carbons (Fsp3) is 0.0800. The maximum absolute atomic E-state index is 13.4. The van der Waals surface area contributed by atoms with Crippen LogP contribution in [0.5, 0.6) is 5.75 Å². The van der Waals surface area contributed by atoms with E-state index in [0.717, 1.165) is 34.2 Å². The fourth-order valence-corrected chi connectivity index (χ4v) is 4.75. The SMILES string of the molecule is O=C(Nc1nc2ccc(OC(F)(F)F)cc2s1)c1ccc(-c2cc(C(F)(F)F)nn2-c2ccccc2Cl)cc1. The number of nitrogens with one attached hydrogen (secondary N) is 1. The third-order valence-corrected chi connectivity index (χ3v) is 6.59. The van der Waals surface area contributed by atoms with Gasteiger partial charge in [-0.1, -0.05) is 47.2 Å². The lowest BCUT2D eigenvalue weighted by molar-refractivity contribution is -0.274. The van der Waals surface area contributed by atoms with Gasteiger partial charge >= 0.3 is 12.5 Å². The second-order valence-electron chi connectivity index (χ2n) is 8.00. The van der Waals surface area contributed by atoms with E-state index in [1.54, 1.807) is 12.1 Å². The fourth-order valence-electron chi connectivity index (χ4n) is 3.65. The maximum atomic E-state index is 13.4. The molecule has 0 saturated heterocycles. The molecule has 39 heavy (non-hydrogen) atoms. The molecule has 0 bridgehead atoms. The first-order valence-electron chi connectivity index (χ1n) is 10.9. The molecule has 2 aromatic heterocycles. The van der Waals surface area contributed by atoms with Crippen molar-refractivity contribution in [1.29, 1.82) is 0 Å². The number of hydrogen-bond donors (Lipinski definition) is 1. The van der Waals surface area contributed by atoms with Gasteiger partial charge in [0.1, 0.15) is 5.75 Å². The molecule has 2 heterocycles. The number of thiazole rings is 1. The number of alkyl halides is 6. The van der Waals surface area contributed by atoms with Crippen LogP contribution in [0.1, 0.15) is 16.1 Å². The average molecular weight is 583 g/mol. The first-order valence-corrected chi connectivity index (χ1v) is 12.1. The van der Waals surface area contributed by atoms with Crippen LogP contribution in [0.4, 0.5) is 31.5 Å². The molecule has 1 N–H and O–H groups in total. The predicted molar refractivity (Wildman–Crippen MR) is 133 cm³/mol. The molecule has 0 fully saturated rings. The molecule has 200 valence electrons. The van der Waals surface area contributed by atoms with Crippen molar-refractivity contribution >= 4 is 44.2 Å². The quantitative estimate of drug-likeness (QED) is 0.213. The van der Waals surface area contributed by atoms with E-state index in [-0.39, 0.29) is 27.1 Å². The zero-order chi connectivity index (χ0) is 27.9. The minimum atomic E-state index is -4.85. The number of fused-ring (bicyclic) bond motifs is 1. The largest absolute Gasteiger partial charge is 0.573 e. The molecule has 0 saturated carbocycles. The molecule has 0 radical (unpaired) electrons. The lowest BCUT2D eigenvalue weighted by Gasteiger charge is -2.10. The van der Waals surface area contributed by atoms with Gasteiger partial charge in [0, 0.05) is 17.2 Å².